The van der Waals surface area contributed by atoms with Gasteiger partial charge in [-0.25, -0.2) is 0 Å². The van der Waals surface area contributed by atoms with Crippen molar-refractivity contribution in [3.05, 3.63) is 30.1 Å². The van der Waals surface area contributed by atoms with Crippen LogP contribution in [0.5, 0.6) is 0 Å². The molecular formula is C10H11ClN4. The monoisotopic (exact) mass is 222 g/mol. The summed E-state index contributed by atoms with van der Waals surface area (Å²) in [6, 6.07) is 7.37. The number of nitrogens with two attached hydrogens (primary N) is 1. The Bertz CT molecular complexity index is 371. The number of nitriles is 1. The Kier molecular flexibility index (Phi) is 4.07. The number of hydrogen-bond donors (Lipinski definition) is 2. The van der Waals surface area contributed by atoms with Crippen molar-refractivity contribution in [2.24, 2.45) is 11.7 Å². The molecule has 0 bridgehead atoms. The second-order valence-corrected chi connectivity index (χ2v) is 3.59. The van der Waals surface area contributed by atoms with Gasteiger partial charge in [-0.05, 0) is 12.1 Å². The minimum Gasteiger partial charge on any atom is -0.388 e. The largest absolute Gasteiger partial charge is 0.388 e. The molecule has 1 aromatic heterocycles. The van der Waals surface area contributed by atoms with Crippen molar-refractivity contribution in [2.45, 2.75) is 11.8 Å². The lowest BCUT2D eigenvalue weighted by Crippen LogP contribution is -2.18. The number of rotatable bonds is 4. The lowest BCUT2D eigenvalue weighted by molar-refractivity contribution is 0.650. The quantitative estimate of drug-likeness (QED) is 0.463. The van der Waals surface area contributed by atoms with Crippen molar-refractivity contribution in [3.8, 4) is 6.07 Å². The van der Waals surface area contributed by atoms with Crippen LogP contribution in [0, 0.1) is 22.7 Å². The number of nitrogens with zero attached hydrogens (tertiary/aromatic N) is 2. The van der Waals surface area contributed by atoms with E-state index in [9.17, 15) is 0 Å². The van der Waals surface area contributed by atoms with Crippen LogP contribution < -0.4 is 5.73 Å². The van der Waals surface area contributed by atoms with E-state index in [1.807, 2.05) is 6.07 Å². The molecule has 1 heterocycles. The molecule has 2 atom stereocenters. The zero-order chi connectivity index (χ0) is 11.3. The van der Waals surface area contributed by atoms with Crippen molar-refractivity contribution < 1.29 is 0 Å². The predicted molar refractivity (Wildman–Crippen MR) is 58.5 cm³/mol. The first kappa shape index (κ1) is 11.5. The Hall–Kier alpha value is -1.60. The number of halogens is 1. The zero-order valence-corrected chi connectivity index (χ0v) is 8.78. The molecule has 0 saturated heterocycles. The maximum atomic E-state index is 8.89. The van der Waals surface area contributed by atoms with Crippen LogP contribution in [0.3, 0.4) is 0 Å². The topological polar surface area (TPSA) is 86.5 Å². The van der Waals surface area contributed by atoms with Crippen molar-refractivity contribution in [2.75, 3.05) is 0 Å². The normalized spacial score (nSPS) is 13.9. The first-order chi connectivity index (χ1) is 7.15. The third-order valence-corrected chi connectivity index (χ3v) is 2.46. The lowest BCUT2D eigenvalue weighted by Gasteiger charge is -2.13. The summed E-state index contributed by atoms with van der Waals surface area (Å²) in [5, 5.41) is 15.5. The Labute approximate surface area is 93.2 Å². The molecule has 1 rings (SSSR count). The molecule has 0 radical (unpaired) electrons. The fraction of sp³-hybridized carbons (Fsp3) is 0.300. The molecule has 0 aliphatic rings. The van der Waals surface area contributed by atoms with Gasteiger partial charge in [0.15, 0.2) is 0 Å². The standard InChI is InChI=1S/C10H11ClN4/c11-10(7(6-12)5-9(13)14)8-3-1-2-4-15-8/h1-4,7,10H,5H2,(H3,13,14). The molecule has 4 nitrogen and oxygen atoms in total. The van der Waals surface area contributed by atoms with E-state index >= 15 is 0 Å². The molecule has 2 unspecified atom stereocenters. The summed E-state index contributed by atoms with van der Waals surface area (Å²) >= 11 is 6.08. The maximum Gasteiger partial charge on any atom is 0.0919 e. The Morgan fingerprint density at radius 1 is 1.67 bits per heavy atom. The number of nitrogens with one attached hydrogen (secondary N) is 1. The summed E-state index contributed by atoms with van der Waals surface area (Å²) in [6.07, 6.45) is 1.79. The van der Waals surface area contributed by atoms with Gasteiger partial charge in [0, 0.05) is 12.6 Å². The van der Waals surface area contributed by atoms with E-state index in [1.54, 1.807) is 24.4 Å². The summed E-state index contributed by atoms with van der Waals surface area (Å²) in [6.45, 7) is 0. The second-order valence-electron chi connectivity index (χ2n) is 3.12. The average molecular weight is 223 g/mol. The van der Waals surface area contributed by atoms with Crippen LogP contribution in [0.25, 0.3) is 0 Å². The molecule has 3 N–H and O–H groups in total. The van der Waals surface area contributed by atoms with Gasteiger partial charge >= 0.3 is 0 Å². The first-order valence-electron chi connectivity index (χ1n) is 4.42. The van der Waals surface area contributed by atoms with Gasteiger partial charge in [0.05, 0.1) is 28.9 Å². The Balaban J connectivity index is 2.79. The highest BCUT2D eigenvalue weighted by Crippen LogP contribution is 2.28. The zero-order valence-electron chi connectivity index (χ0n) is 8.02. The molecule has 5 heteroatoms. The van der Waals surface area contributed by atoms with E-state index in [-0.39, 0.29) is 12.3 Å². The van der Waals surface area contributed by atoms with Crippen LogP contribution in [0.1, 0.15) is 17.5 Å². The molecule has 1 aromatic rings. The fourth-order valence-electron chi connectivity index (χ4n) is 1.20. The van der Waals surface area contributed by atoms with Crippen LogP contribution in [0.4, 0.5) is 0 Å². The molecule has 78 valence electrons. The number of alkyl halides is 1. The maximum absolute atomic E-state index is 8.89. The first-order valence-corrected chi connectivity index (χ1v) is 4.86. The van der Waals surface area contributed by atoms with E-state index < -0.39 is 11.3 Å². The molecule has 0 aliphatic carbocycles. The van der Waals surface area contributed by atoms with Gasteiger partial charge in [-0.1, -0.05) is 6.07 Å². The van der Waals surface area contributed by atoms with Crippen molar-refractivity contribution in [1.82, 2.24) is 4.98 Å². The van der Waals surface area contributed by atoms with E-state index in [2.05, 4.69) is 4.98 Å². The van der Waals surface area contributed by atoms with Gasteiger partial charge in [0.2, 0.25) is 0 Å². The minimum atomic E-state index is -0.528. The minimum absolute atomic E-state index is 0.0388. The van der Waals surface area contributed by atoms with Gasteiger partial charge in [-0.2, -0.15) is 5.26 Å². The Morgan fingerprint density at radius 3 is 2.87 bits per heavy atom. The van der Waals surface area contributed by atoms with E-state index in [0.29, 0.717) is 5.69 Å². The molecule has 0 aromatic carbocycles. The molecule has 0 spiro atoms. The van der Waals surface area contributed by atoms with Crippen molar-refractivity contribution >= 4 is 17.4 Å². The second kappa shape index (κ2) is 5.32. The predicted octanol–water partition coefficient (Wildman–Crippen LogP) is 1.83. The van der Waals surface area contributed by atoms with Crippen molar-refractivity contribution in [1.29, 1.82) is 10.7 Å². The molecule has 0 amide bonds. The smallest absolute Gasteiger partial charge is 0.0919 e. The average Bonchev–Trinajstić information content (AvgIpc) is 2.26. The summed E-state index contributed by atoms with van der Waals surface area (Å²) in [5.41, 5.74) is 5.87. The SMILES string of the molecule is N#CC(CC(=N)N)C(Cl)c1ccccn1. The van der Waals surface area contributed by atoms with Gasteiger partial charge in [-0.15, -0.1) is 11.6 Å². The van der Waals surface area contributed by atoms with E-state index in [0.717, 1.165) is 0 Å². The van der Waals surface area contributed by atoms with E-state index in [1.165, 1.54) is 0 Å². The summed E-state index contributed by atoms with van der Waals surface area (Å²) in [4.78, 5) is 4.06. The third-order valence-electron chi connectivity index (χ3n) is 1.93. The Morgan fingerprint density at radius 2 is 2.40 bits per heavy atom. The van der Waals surface area contributed by atoms with Crippen LogP contribution >= 0.6 is 11.6 Å². The van der Waals surface area contributed by atoms with E-state index in [4.69, 9.17) is 28.0 Å². The summed E-state index contributed by atoms with van der Waals surface area (Å²) < 4.78 is 0. The summed E-state index contributed by atoms with van der Waals surface area (Å²) in [5.74, 6) is -0.554. The van der Waals surface area contributed by atoms with Gasteiger partial charge in [-0.3, -0.25) is 10.4 Å². The van der Waals surface area contributed by atoms with Crippen LogP contribution in [0.2, 0.25) is 0 Å². The van der Waals surface area contributed by atoms with Gasteiger partial charge in [0.25, 0.3) is 0 Å². The van der Waals surface area contributed by atoms with Crippen LogP contribution in [-0.2, 0) is 0 Å². The number of aromatic nitrogens is 1. The lowest BCUT2D eigenvalue weighted by atomic mass is 9.99. The van der Waals surface area contributed by atoms with Crippen molar-refractivity contribution in [3.63, 3.8) is 0 Å². The van der Waals surface area contributed by atoms with Gasteiger partial charge in [0.1, 0.15) is 0 Å². The highest BCUT2D eigenvalue weighted by molar-refractivity contribution is 6.21. The fourth-order valence-corrected chi connectivity index (χ4v) is 1.47. The molecule has 15 heavy (non-hydrogen) atoms. The molecule has 0 saturated carbocycles. The third kappa shape index (κ3) is 3.22. The number of pyridine rings is 1. The molecule has 0 aliphatic heterocycles. The van der Waals surface area contributed by atoms with Gasteiger partial charge < -0.3 is 5.73 Å². The van der Waals surface area contributed by atoms with Crippen LogP contribution in [-0.4, -0.2) is 10.8 Å². The van der Waals surface area contributed by atoms with Crippen LogP contribution in [0.15, 0.2) is 24.4 Å². The number of amidine groups is 1. The highest BCUT2D eigenvalue weighted by atomic mass is 35.5. The highest BCUT2D eigenvalue weighted by Gasteiger charge is 2.22. The molecular weight excluding hydrogens is 212 g/mol. The number of hydrogen-bond acceptors (Lipinski definition) is 3. The summed E-state index contributed by atoms with van der Waals surface area (Å²) in [7, 11) is 0. The molecule has 0 fully saturated rings.